The molecule has 16 heavy (non-hydrogen) atoms. The Morgan fingerprint density at radius 1 is 1.62 bits per heavy atom. The molecule has 1 atom stereocenters. The van der Waals surface area contributed by atoms with Crippen LogP contribution in [0, 0.1) is 5.92 Å². The fraction of sp³-hybridized carbons (Fsp3) is 0.364. The van der Waals surface area contributed by atoms with Crippen LogP contribution < -0.4 is 11.1 Å². The number of anilines is 1. The van der Waals surface area contributed by atoms with Gasteiger partial charge in [-0.3, -0.25) is 4.79 Å². The molecule has 4 nitrogen and oxygen atoms in total. The minimum Gasteiger partial charge on any atom is -0.506 e. The predicted octanol–water partition coefficient (Wildman–Crippen LogP) is 2.08. The number of hydrogen-bond acceptors (Lipinski definition) is 3. The van der Waals surface area contributed by atoms with Crippen molar-refractivity contribution in [2.45, 2.75) is 13.3 Å². The quantitative estimate of drug-likeness (QED) is 0.742. The number of carbonyl (C=O) groups is 1. The third-order valence-electron chi connectivity index (χ3n) is 2.36. The Labute approximate surface area is 103 Å². The monoisotopic (exact) mass is 286 g/mol. The fourth-order valence-corrected chi connectivity index (χ4v) is 1.66. The van der Waals surface area contributed by atoms with Crippen LogP contribution in [-0.2, 0) is 4.79 Å². The normalized spacial score (nSPS) is 12.2. The highest BCUT2D eigenvalue weighted by atomic mass is 79.9. The summed E-state index contributed by atoms with van der Waals surface area (Å²) in [5.41, 5.74) is 5.87. The van der Waals surface area contributed by atoms with E-state index in [1.54, 1.807) is 12.1 Å². The summed E-state index contributed by atoms with van der Waals surface area (Å²) >= 11 is 3.27. The van der Waals surface area contributed by atoms with E-state index in [1.807, 2.05) is 6.92 Å². The molecule has 0 aliphatic rings. The van der Waals surface area contributed by atoms with Crippen LogP contribution in [0.15, 0.2) is 22.7 Å². The van der Waals surface area contributed by atoms with Crippen molar-refractivity contribution in [3.63, 3.8) is 0 Å². The third kappa shape index (κ3) is 3.21. The summed E-state index contributed by atoms with van der Waals surface area (Å²) in [6.45, 7) is 2.20. The summed E-state index contributed by atoms with van der Waals surface area (Å²) in [7, 11) is 0. The Hall–Kier alpha value is -1.07. The molecule has 5 heteroatoms. The van der Waals surface area contributed by atoms with Crippen LogP contribution in [0.3, 0.4) is 0 Å². The van der Waals surface area contributed by atoms with Gasteiger partial charge in [-0.1, -0.05) is 22.9 Å². The van der Waals surface area contributed by atoms with Gasteiger partial charge >= 0.3 is 0 Å². The molecule has 0 saturated carbocycles. The number of benzene rings is 1. The van der Waals surface area contributed by atoms with Gasteiger partial charge in [-0.05, 0) is 24.6 Å². The van der Waals surface area contributed by atoms with Crippen LogP contribution in [0.25, 0.3) is 0 Å². The van der Waals surface area contributed by atoms with Crippen molar-refractivity contribution < 1.29 is 9.90 Å². The first-order valence-electron chi connectivity index (χ1n) is 5.08. The maximum absolute atomic E-state index is 11.7. The number of aromatic hydroxyl groups is 1. The minimum atomic E-state index is -0.224. The Kier molecular flexibility index (Phi) is 4.76. The molecule has 0 radical (unpaired) electrons. The van der Waals surface area contributed by atoms with Gasteiger partial charge in [0.15, 0.2) is 0 Å². The van der Waals surface area contributed by atoms with Gasteiger partial charge in [0.05, 0.1) is 11.6 Å². The number of hydrogen-bond donors (Lipinski definition) is 3. The Morgan fingerprint density at radius 2 is 2.31 bits per heavy atom. The topological polar surface area (TPSA) is 75.4 Å². The summed E-state index contributed by atoms with van der Waals surface area (Å²) in [6.07, 6.45) is 0.678. The zero-order chi connectivity index (χ0) is 12.1. The van der Waals surface area contributed by atoms with Gasteiger partial charge < -0.3 is 16.2 Å². The molecule has 0 heterocycles. The Balaban J connectivity index is 2.80. The largest absolute Gasteiger partial charge is 0.506 e. The van der Waals surface area contributed by atoms with E-state index in [-0.39, 0.29) is 17.6 Å². The second kappa shape index (κ2) is 5.86. The number of amides is 1. The fourth-order valence-electron chi connectivity index (χ4n) is 1.30. The summed E-state index contributed by atoms with van der Waals surface area (Å²) in [5.74, 6) is -0.347. The van der Waals surface area contributed by atoms with E-state index in [9.17, 15) is 9.90 Å². The molecular weight excluding hydrogens is 272 g/mol. The SMILES string of the molecule is CCC(CN)C(=O)Nc1cc(Br)ccc1O. The Bertz CT molecular complexity index is 378. The van der Waals surface area contributed by atoms with E-state index in [4.69, 9.17) is 5.73 Å². The molecule has 1 amide bonds. The standard InChI is InChI=1S/C11H15BrN2O2/c1-2-7(6-13)11(16)14-9-5-8(12)3-4-10(9)15/h3-5,7,15H,2,6,13H2,1H3,(H,14,16). The van der Waals surface area contributed by atoms with Gasteiger partial charge in [-0.2, -0.15) is 0 Å². The average molecular weight is 287 g/mol. The molecule has 1 aromatic carbocycles. The van der Waals surface area contributed by atoms with Crippen molar-refractivity contribution in [3.05, 3.63) is 22.7 Å². The molecule has 88 valence electrons. The number of nitrogens with two attached hydrogens (primary N) is 1. The van der Waals surface area contributed by atoms with Gasteiger partial charge in [-0.15, -0.1) is 0 Å². The highest BCUT2D eigenvalue weighted by Gasteiger charge is 2.15. The number of phenols is 1. The van der Waals surface area contributed by atoms with Gasteiger partial charge in [0.1, 0.15) is 5.75 Å². The smallest absolute Gasteiger partial charge is 0.228 e. The summed E-state index contributed by atoms with van der Waals surface area (Å²) < 4.78 is 0.793. The van der Waals surface area contributed by atoms with E-state index in [0.717, 1.165) is 4.47 Å². The van der Waals surface area contributed by atoms with Crippen molar-refractivity contribution in [1.29, 1.82) is 0 Å². The number of carbonyl (C=O) groups excluding carboxylic acids is 1. The molecule has 1 unspecified atom stereocenters. The first-order valence-corrected chi connectivity index (χ1v) is 5.87. The third-order valence-corrected chi connectivity index (χ3v) is 2.86. The molecule has 1 rings (SSSR count). The minimum absolute atomic E-state index is 0.0448. The summed E-state index contributed by atoms with van der Waals surface area (Å²) in [6, 6.07) is 4.87. The summed E-state index contributed by atoms with van der Waals surface area (Å²) in [4.78, 5) is 11.7. The molecule has 0 aliphatic heterocycles. The molecule has 0 fully saturated rings. The van der Waals surface area contributed by atoms with Gasteiger partial charge in [0, 0.05) is 11.0 Å². The van der Waals surface area contributed by atoms with E-state index >= 15 is 0 Å². The van der Waals surface area contributed by atoms with Gasteiger partial charge in [0.2, 0.25) is 5.91 Å². The lowest BCUT2D eigenvalue weighted by atomic mass is 10.1. The lowest BCUT2D eigenvalue weighted by Crippen LogP contribution is -2.28. The van der Waals surface area contributed by atoms with Crippen molar-refractivity contribution in [2.75, 3.05) is 11.9 Å². The molecule has 0 saturated heterocycles. The second-order valence-corrected chi connectivity index (χ2v) is 4.41. The molecular formula is C11H15BrN2O2. The zero-order valence-corrected chi connectivity index (χ0v) is 10.6. The second-order valence-electron chi connectivity index (χ2n) is 3.49. The molecule has 4 N–H and O–H groups in total. The van der Waals surface area contributed by atoms with Crippen LogP contribution in [0.2, 0.25) is 0 Å². The van der Waals surface area contributed by atoms with Gasteiger partial charge in [0.25, 0.3) is 0 Å². The first kappa shape index (κ1) is 13.0. The van der Waals surface area contributed by atoms with Crippen molar-refractivity contribution in [1.82, 2.24) is 0 Å². The maximum atomic E-state index is 11.7. The molecule has 0 spiro atoms. The van der Waals surface area contributed by atoms with E-state index < -0.39 is 0 Å². The van der Waals surface area contributed by atoms with E-state index in [2.05, 4.69) is 21.2 Å². The first-order chi connectivity index (χ1) is 7.58. The highest BCUT2D eigenvalue weighted by Crippen LogP contribution is 2.27. The van der Waals surface area contributed by atoms with Crippen LogP contribution in [0.1, 0.15) is 13.3 Å². The molecule has 1 aromatic rings. The van der Waals surface area contributed by atoms with Gasteiger partial charge in [-0.25, -0.2) is 0 Å². The van der Waals surface area contributed by atoms with Crippen LogP contribution in [-0.4, -0.2) is 17.6 Å². The molecule has 0 aliphatic carbocycles. The lowest BCUT2D eigenvalue weighted by Gasteiger charge is -2.13. The lowest BCUT2D eigenvalue weighted by molar-refractivity contribution is -0.119. The number of halogens is 1. The number of rotatable bonds is 4. The van der Waals surface area contributed by atoms with Crippen molar-refractivity contribution >= 4 is 27.5 Å². The Morgan fingerprint density at radius 3 is 2.88 bits per heavy atom. The van der Waals surface area contributed by atoms with E-state index in [0.29, 0.717) is 18.7 Å². The predicted molar refractivity (Wildman–Crippen MR) is 67.3 cm³/mol. The zero-order valence-electron chi connectivity index (χ0n) is 9.03. The van der Waals surface area contributed by atoms with Crippen LogP contribution >= 0.6 is 15.9 Å². The van der Waals surface area contributed by atoms with Crippen molar-refractivity contribution in [3.8, 4) is 5.75 Å². The number of nitrogens with one attached hydrogen (secondary N) is 1. The van der Waals surface area contributed by atoms with Crippen LogP contribution in [0.5, 0.6) is 5.75 Å². The van der Waals surface area contributed by atoms with Crippen molar-refractivity contribution in [2.24, 2.45) is 11.7 Å². The van der Waals surface area contributed by atoms with Crippen LogP contribution in [0.4, 0.5) is 5.69 Å². The summed E-state index contributed by atoms with van der Waals surface area (Å²) in [5, 5.41) is 12.2. The maximum Gasteiger partial charge on any atom is 0.228 e. The highest BCUT2D eigenvalue weighted by molar-refractivity contribution is 9.10. The number of phenolic OH excluding ortho intramolecular Hbond substituents is 1. The molecule has 0 bridgehead atoms. The molecule has 0 aromatic heterocycles. The van der Waals surface area contributed by atoms with E-state index in [1.165, 1.54) is 6.07 Å². The average Bonchev–Trinajstić information content (AvgIpc) is 2.25.